The van der Waals surface area contributed by atoms with E-state index >= 15 is 0 Å². The molecule has 1 N–H and O–H groups in total. The molecule has 8 heteroatoms. The molecule has 0 radical (unpaired) electrons. The summed E-state index contributed by atoms with van der Waals surface area (Å²) in [4.78, 5) is 20.3. The van der Waals surface area contributed by atoms with E-state index in [1.54, 1.807) is 35.4 Å². The van der Waals surface area contributed by atoms with Crippen LogP contribution in [0, 0.1) is 6.92 Å². The molecule has 20 heavy (non-hydrogen) atoms. The van der Waals surface area contributed by atoms with E-state index in [9.17, 15) is 4.79 Å². The third-order valence-corrected chi connectivity index (χ3v) is 3.95. The number of carbonyl (C=O) groups excluding carboxylic acids is 1. The van der Waals surface area contributed by atoms with Crippen molar-refractivity contribution >= 4 is 28.3 Å². The maximum Gasteiger partial charge on any atom is 0.323 e. The zero-order chi connectivity index (χ0) is 13.9. The molecule has 1 fully saturated rings. The molecule has 1 saturated heterocycles. The highest BCUT2D eigenvalue weighted by molar-refractivity contribution is 7.13. The molecule has 1 aliphatic rings. The quantitative estimate of drug-likeness (QED) is 0.913. The lowest BCUT2D eigenvalue weighted by Gasteiger charge is -2.34. The number of nitrogens with one attached hydrogen (secondary N) is 1. The van der Waals surface area contributed by atoms with Gasteiger partial charge in [-0.2, -0.15) is 0 Å². The maximum absolute atomic E-state index is 12.1. The number of nitrogens with zero attached hydrogens (tertiary/aromatic N) is 4. The zero-order valence-corrected chi connectivity index (χ0v) is 11.9. The van der Waals surface area contributed by atoms with Crippen LogP contribution < -0.4 is 10.2 Å². The number of anilines is 2. The fourth-order valence-electron chi connectivity index (χ4n) is 2.09. The Labute approximate surface area is 120 Å². The summed E-state index contributed by atoms with van der Waals surface area (Å²) >= 11 is 1.62. The molecule has 0 saturated carbocycles. The van der Waals surface area contributed by atoms with Crippen LogP contribution in [0.25, 0.3) is 0 Å². The summed E-state index contributed by atoms with van der Waals surface area (Å²) in [5.74, 6) is 1.13. The standard InChI is InChI=1S/C12H15N5O2S/c1-9-8-10(15-19-9)14-11(18)16-3-5-17(6-4-16)12-13-2-7-20-12/h2,7-8H,3-6H2,1H3,(H,14,15,18). The SMILES string of the molecule is Cc1cc(NC(=O)N2CCN(c3nccs3)CC2)no1. The number of rotatable bonds is 2. The van der Waals surface area contributed by atoms with Crippen LogP contribution in [0.1, 0.15) is 5.76 Å². The Kier molecular flexibility index (Phi) is 3.55. The van der Waals surface area contributed by atoms with Gasteiger partial charge in [-0.3, -0.25) is 5.32 Å². The number of urea groups is 1. The lowest BCUT2D eigenvalue weighted by atomic mass is 10.3. The van der Waals surface area contributed by atoms with Crippen LogP contribution in [0.5, 0.6) is 0 Å². The van der Waals surface area contributed by atoms with Gasteiger partial charge in [0.05, 0.1) is 0 Å². The number of piperazine rings is 1. The monoisotopic (exact) mass is 293 g/mol. The van der Waals surface area contributed by atoms with Gasteiger partial charge in [-0.1, -0.05) is 5.16 Å². The Hall–Kier alpha value is -2.09. The topological polar surface area (TPSA) is 74.5 Å². The summed E-state index contributed by atoms with van der Waals surface area (Å²) in [6.45, 7) is 4.71. The van der Waals surface area contributed by atoms with Gasteiger partial charge in [0.2, 0.25) is 0 Å². The normalized spacial score (nSPS) is 15.4. The van der Waals surface area contributed by atoms with Crippen molar-refractivity contribution in [3.8, 4) is 0 Å². The van der Waals surface area contributed by atoms with Crippen molar-refractivity contribution in [2.24, 2.45) is 0 Å². The van der Waals surface area contributed by atoms with Crippen molar-refractivity contribution in [2.45, 2.75) is 6.92 Å². The van der Waals surface area contributed by atoms with Gasteiger partial charge < -0.3 is 14.3 Å². The lowest BCUT2D eigenvalue weighted by molar-refractivity contribution is 0.208. The Morgan fingerprint density at radius 3 is 2.80 bits per heavy atom. The Morgan fingerprint density at radius 2 is 2.20 bits per heavy atom. The summed E-state index contributed by atoms with van der Waals surface area (Å²) in [5, 5.41) is 9.46. The molecule has 1 aliphatic heterocycles. The molecule has 0 aromatic carbocycles. The zero-order valence-electron chi connectivity index (χ0n) is 11.1. The van der Waals surface area contributed by atoms with Gasteiger partial charge in [0, 0.05) is 43.8 Å². The number of hydrogen-bond acceptors (Lipinski definition) is 6. The van der Waals surface area contributed by atoms with Gasteiger partial charge in [-0.25, -0.2) is 9.78 Å². The highest BCUT2D eigenvalue weighted by Gasteiger charge is 2.22. The van der Waals surface area contributed by atoms with Crippen LogP contribution in [0.15, 0.2) is 22.2 Å². The largest absolute Gasteiger partial charge is 0.360 e. The van der Waals surface area contributed by atoms with Gasteiger partial charge in [0.25, 0.3) is 0 Å². The van der Waals surface area contributed by atoms with Crippen molar-refractivity contribution in [1.82, 2.24) is 15.0 Å². The average molecular weight is 293 g/mol. The summed E-state index contributed by atoms with van der Waals surface area (Å²) in [7, 11) is 0. The first-order valence-electron chi connectivity index (χ1n) is 6.36. The van der Waals surface area contributed by atoms with E-state index in [4.69, 9.17) is 4.52 Å². The minimum absolute atomic E-state index is 0.142. The van der Waals surface area contributed by atoms with Crippen LogP contribution in [0.4, 0.5) is 15.7 Å². The van der Waals surface area contributed by atoms with Crippen molar-refractivity contribution < 1.29 is 9.32 Å². The van der Waals surface area contributed by atoms with E-state index in [-0.39, 0.29) is 6.03 Å². The molecule has 7 nitrogen and oxygen atoms in total. The molecule has 0 aliphatic carbocycles. The fourth-order valence-corrected chi connectivity index (χ4v) is 2.78. The second-order valence-corrected chi connectivity index (χ2v) is 5.41. The second kappa shape index (κ2) is 5.49. The summed E-state index contributed by atoms with van der Waals surface area (Å²) in [6.07, 6.45) is 1.80. The smallest absolute Gasteiger partial charge is 0.323 e. The van der Waals surface area contributed by atoms with E-state index in [1.807, 2.05) is 5.38 Å². The maximum atomic E-state index is 12.1. The average Bonchev–Trinajstić information content (AvgIpc) is 3.11. The van der Waals surface area contributed by atoms with E-state index in [0.717, 1.165) is 18.2 Å². The summed E-state index contributed by atoms with van der Waals surface area (Å²) in [6, 6.07) is 1.56. The molecule has 0 spiro atoms. The molecule has 0 bridgehead atoms. The molecule has 2 aromatic heterocycles. The van der Waals surface area contributed by atoms with Crippen LogP contribution >= 0.6 is 11.3 Å². The molecule has 0 unspecified atom stereocenters. The lowest BCUT2D eigenvalue weighted by Crippen LogP contribution is -2.50. The van der Waals surface area contributed by atoms with Gasteiger partial charge in [-0.05, 0) is 6.92 Å². The first-order chi connectivity index (χ1) is 9.72. The number of amides is 2. The third kappa shape index (κ3) is 2.74. The molecular formula is C12H15N5O2S. The first kappa shape index (κ1) is 12.9. The predicted molar refractivity (Wildman–Crippen MR) is 76.2 cm³/mol. The molecule has 106 valence electrons. The van der Waals surface area contributed by atoms with E-state index in [2.05, 4.69) is 20.4 Å². The molecular weight excluding hydrogens is 278 g/mol. The Bertz CT molecular complexity index is 574. The van der Waals surface area contributed by atoms with Crippen LogP contribution in [0.3, 0.4) is 0 Å². The molecule has 2 aromatic rings. The van der Waals surface area contributed by atoms with Gasteiger partial charge >= 0.3 is 6.03 Å². The van der Waals surface area contributed by atoms with Crippen molar-refractivity contribution in [2.75, 3.05) is 36.4 Å². The number of thiazole rings is 1. The number of aryl methyl sites for hydroxylation is 1. The minimum atomic E-state index is -0.142. The molecule has 3 heterocycles. The predicted octanol–water partition coefficient (Wildman–Crippen LogP) is 1.79. The second-order valence-electron chi connectivity index (χ2n) is 4.54. The van der Waals surface area contributed by atoms with E-state index < -0.39 is 0 Å². The molecule has 2 amide bonds. The van der Waals surface area contributed by atoms with Crippen LogP contribution in [0.2, 0.25) is 0 Å². The Morgan fingerprint density at radius 1 is 1.40 bits per heavy atom. The molecule has 0 atom stereocenters. The van der Waals surface area contributed by atoms with Gasteiger partial charge in [0.15, 0.2) is 10.9 Å². The highest BCUT2D eigenvalue weighted by atomic mass is 32.1. The fraction of sp³-hybridized carbons (Fsp3) is 0.417. The first-order valence-corrected chi connectivity index (χ1v) is 7.24. The summed E-state index contributed by atoms with van der Waals surface area (Å²) in [5.41, 5.74) is 0. The van der Waals surface area contributed by atoms with Crippen molar-refractivity contribution in [3.63, 3.8) is 0 Å². The molecule has 3 rings (SSSR count). The Balaban J connectivity index is 1.54. The van der Waals surface area contributed by atoms with Gasteiger partial charge in [0.1, 0.15) is 5.76 Å². The van der Waals surface area contributed by atoms with Crippen LogP contribution in [-0.4, -0.2) is 47.3 Å². The third-order valence-electron chi connectivity index (χ3n) is 3.12. The number of aromatic nitrogens is 2. The number of carbonyl (C=O) groups is 1. The van der Waals surface area contributed by atoms with Gasteiger partial charge in [-0.15, -0.1) is 11.3 Å². The minimum Gasteiger partial charge on any atom is -0.360 e. The van der Waals surface area contributed by atoms with Crippen molar-refractivity contribution in [3.05, 3.63) is 23.4 Å². The van der Waals surface area contributed by atoms with E-state index in [0.29, 0.717) is 24.7 Å². The highest BCUT2D eigenvalue weighted by Crippen LogP contribution is 2.19. The van der Waals surface area contributed by atoms with Crippen LogP contribution in [-0.2, 0) is 0 Å². The number of hydrogen-bond donors (Lipinski definition) is 1. The summed E-state index contributed by atoms with van der Waals surface area (Å²) < 4.78 is 4.92. The van der Waals surface area contributed by atoms with Crippen molar-refractivity contribution in [1.29, 1.82) is 0 Å². The van der Waals surface area contributed by atoms with E-state index in [1.165, 1.54) is 0 Å².